The summed E-state index contributed by atoms with van der Waals surface area (Å²) >= 11 is 1.57. The van der Waals surface area contributed by atoms with Gasteiger partial charge in [-0.25, -0.2) is 0 Å². The molecule has 0 bridgehead atoms. The topological polar surface area (TPSA) is 55.1 Å². The molecule has 1 rings (SSSR count). The molecule has 1 N–H and O–H groups in total. The Kier molecular flexibility index (Phi) is 4.00. The molecule has 1 unspecified atom stereocenters. The van der Waals surface area contributed by atoms with Gasteiger partial charge >= 0.3 is 5.97 Å². The molecule has 4 nitrogen and oxygen atoms in total. The van der Waals surface area contributed by atoms with Gasteiger partial charge in [0.1, 0.15) is 0 Å². The summed E-state index contributed by atoms with van der Waals surface area (Å²) in [6.07, 6.45) is 4.71. The van der Waals surface area contributed by atoms with Gasteiger partial charge in [-0.2, -0.15) is 5.10 Å². The third kappa shape index (κ3) is 3.41. The van der Waals surface area contributed by atoms with E-state index in [2.05, 4.69) is 5.10 Å². The van der Waals surface area contributed by atoms with E-state index < -0.39 is 5.97 Å². The second-order valence-corrected chi connectivity index (χ2v) is 4.47. The number of aromatic nitrogens is 2. The highest BCUT2D eigenvalue weighted by molar-refractivity contribution is 8.00. The number of hydrogen-bond acceptors (Lipinski definition) is 3. The molecule has 5 heteroatoms. The summed E-state index contributed by atoms with van der Waals surface area (Å²) in [5, 5.41) is 12.8. The van der Waals surface area contributed by atoms with Gasteiger partial charge in [0.25, 0.3) is 0 Å². The fraction of sp³-hybridized carbons (Fsp3) is 0.556. The fourth-order valence-electron chi connectivity index (χ4n) is 1.12. The van der Waals surface area contributed by atoms with Crippen molar-refractivity contribution in [1.29, 1.82) is 0 Å². The zero-order valence-corrected chi connectivity index (χ0v) is 9.12. The number of thioether (sulfide) groups is 1. The smallest absolute Gasteiger partial charge is 0.304 e. The second-order valence-electron chi connectivity index (χ2n) is 3.10. The molecule has 14 heavy (non-hydrogen) atoms. The Morgan fingerprint density at radius 2 is 2.50 bits per heavy atom. The molecule has 0 aliphatic carbocycles. The lowest BCUT2D eigenvalue weighted by atomic mass is 10.2. The van der Waals surface area contributed by atoms with Crippen LogP contribution in [0, 0.1) is 0 Å². The van der Waals surface area contributed by atoms with Gasteiger partial charge in [-0.05, 0) is 6.42 Å². The van der Waals surface area contributed by atoms with Crippen LogP contribution in [0.4, 0.5) is 0 Å². The lowest BCUT2D eigenvalue weighted by Gasteiger charge is -2.09. The summed E-state index contributed by atoms with van der Waals surface area (Å²) in [7, 11) is 1.85. The van der Waals surface area contributed by atoms with Crippen molar-refractivity contribution < 1.29 is 9.90 Å². The molecule has 0 aliphatic rings. The minimum absolute atomic E-state index is 0.136. The van der Waals surface area contributed by atoms with Crippen molar-refractivity contribution in [3.05, 3.63) is 12.4 Å². The van der Waals surface area contributed by atoms with Crippen molar-refractivity contribution in [2.45, 2.75) is 29.9 Å². The largest absolute Gasteiger partial charge is 0.481 e. The summed E-state index contributed by atoms with van der Waals surface area (Å²) < 4.78 is 1.72. The number of aliphatic carboxylic acids is 1. The van der Waals surface area contributed by atoms with Crippen molar-refractivity contribution in [2.24, 2.45) is 7.05 Å². The average Bonchev–Trinajstić information content (AvgIpc) is 2.49. The van der Waals surface area contributed by atoms with Crippen LogP contribution >= 0.6 is 11.8 Å². The zero-order chi connectivity index (χ0) is 10.6. The van der Waals surface area contributed by atoms with E-state index in [1.54, 1.807) is 22.6 Å². The van der Waals surface area contributed by atoms with E-state index in [0.29, 0.717) is 0 Å². The van der Waals surface area contributed by atoms with Crippen molar-refractivity contribution in [3.8, 4) is 0 Å². The fourth-order valence-corrected chi connectivity index (χ4v) is 2.22. The number of nitrogens with zero attached hydrogens (tertiary/aromatic N) is 2. The molecule has 1 aromatic heterocycles. The van der Waals surface area contributed by atoms with Gasteiger partial charge in [-0.3, -0.25) is 9.48 Å². The molecule has 0 saturated heterocycles. The molecule has 0 spiro atoms. The maximum atomic E-state index is 10.5. The second kappa shape index (κ2) is 5.05. The normalized spacial score (nSPS) is 12.7. The Morgan fingerprint density at radius 3 is 2.93 bits per heavy atom. The number of carboxylic acids is 1. The van der Waals surface area contributed by atoms with E-state index in [1.807, 2.05) is 20.2 Å². The molecule has 0 radical (unpaired) electrons. The first-order valence-corrected chi connectivity index (χ1v) is 5.37. The molecule has 1 atom stereocenters. The van der Waals surface area contributed by atoms with Gasteiger partial charge < -0.3 is 5.11 Å². The molecular weight excluding hydrogens is 200 g/mol. The van der Waals surface area contributed by atoms with E-state index in [1.165, 1.54) is 0 Å². The van der Waals surface area contributed by atoms with Crippen molar-refractivity contribution in [3.63, 3.8) is 0 Å². The van der Waals surface area contributed by atoms with Crippen LogP contribution in [0.25, 0.3) is 0 Å². The standard InChI is InChI=1S/C9H14N2O2S/c1-3-7(4-9(12)13)14-8-5-10-11(2)6-8/h5-7H,3-4H2,1-2H3,(H,12,13). The van der Waals surface area contributed by atoms with Gasteiger partial charge in [-0.15, -0.1) is 11.8 Å². The lowest BCUT2D eigenvalue weighted by Crippen LogP contribution is -2.08. The summed E-state index contributed by atoms with van der Waals surface area (Å²) in [4.78, 5) is 11.6. The van der Waals surface area contributed by atoms with Gasteiger partial charge in [0.15, 0.2) is 0 Å². The highest BCUT2D eigenvalue weighted by atomic mass is 32.2. The van der Waals surface area contributed by atoms with Crippen LogP contribution in [-0.2, 0) is 11.8 Å². The minimum atomic E-state index is -0.742. The minimum Gasteiger partial charge on any atom is -0.481 e. The number of carboxylic acid groups (broad SMARTS) is 1. The lowest BCUT2D eigenvalue weighted by molar-refractivity contribution is -0.136. The first kappa shape index (κ1) is 11.1. The molecular formula is C9H14N2O2S. The predicted molar refractivity (Wildman–Crippen MR) is 55.4 cm³/mol. The van der Waals surface area contributed by atoms with Crippen LogP contribution in [0.2, 0.25) is 0 Å². The molecule has 0 fully saturated rings. The van der Waals surface area contributed by atoms with Gasteiger partial charge in [0, 0.05) is 23.4 Å². The van der Waals surface area contributed by atoms with E-state index >= 15 is 0 Å². The first-order valence-electron chi connectivity index (χ1n) is 4.49. The summed E-state index contributed by atoms with van der Waals surface area (Å²) in [5.41, 5.74) is 0. The highest BCUT2D eigenvalue weighted by Gasteiger charge is 2.13. The molecule has 0 aromatic carbocycles. The molecule has 0 aliphatic heterocycles. The SMILES string of the molecule is CCC(CC(=O)O)Sc1cnn(C)c1. The van der Waals surface area contributed by atoms with E-state index in [0.717, 1.165) is 11.3 Å². The Labute approximate surface area is 87.3 Å². The quantitative estimate of drug-likeness (QED) is 0.759. The van der Waals surface area contributed by atoms with Crippen LogP contribution in [0.15, 0.2) is 17.3 Å². The first-order chi connectivity index (χ1) is 6.61. The van der Waals surface area contributed by atoms with Crippen molar-refractivity contribution >= 4 is 17.7 Å². The maximum Gasteiger partial charge on any atom is 0.304 e. The summed E-state index contributed by atoms with van der Waals surface area (Å²) in [6, 6.07) is 0. The number of aryl methyl sites for hydroxylation is 1. The molecule has 1 heterocycles. The van der Waals surface area contributed by atoms with E-state index in [9.17, 15) is 4.79 Å². The molecule has 78 valence electrons. The molecule has 0 amide bonds. The van der Waals surface area contributed by atoms with E-state index in [4.69, 9.17) is 5.11 Å². The number of hydrogen-bond donors (Lipinski definition) is 1. The highest BCUT2D eigenvalue weighted by Crippen LogP contribution is 2.26. The Hall–Kier alpha value is -0.970. The Bertz CT molecular complexity index is 312. The number of rotatable bonds is 5. The molecule has 0 saturated carbocycles. The summed E-state index contributed by atoms with van der Waals surface area (Å²) in [6.45, 7) is 2.00. The Morgan fingerprint density at radius 1 is 1.79 bits per heavy atom. The van der Waals surface area contributed by atoms with Gasteiger partial charge in [0.2, 0.25) is 0 Å². The van der Waals surface area contributed by atoms with Crippen LogP contribution in [0.3, 0.4) is 0 Å². The van der Waals surface area contributed by atoms with Crippen LogP contribution in [-0.4, -0.2) is 26.1 Å². The van der Waals surface area contributed by atoms with Crippen LogP contribution in [0.1, 0.15) is 19.8 Å². The number of carbonyl (C=O) groups is 1. The third-order valence-corrected chi connectivity index (χ3v) is 3.16. The van der Waals surface area contributed by atoms with E-state index in [-0.39, 0.29) is 11.7 Å². The Balaban J connectivity index is 2.52. The van der Waals surface area contributed by atoms with Crippen LogP contribution < -0.4 is 0 Å². The molecule has 1 aromatic rings. The third-order valence-electron chi connectivity index (χ3n) is 1.84. The van der Waals surface area contributed by atoms with Crippen LogP contribution in [0.5, 0.6) is 0 Å². The average molecular weight is 214 g/mol. The van der Waals surface area contributed by atoms with Crippen molar-refractivity contribution in [1.82, 2.24) is 9.78 Å². The summed E-state index contributed by atoms with van der Waals surface area (Å²) in [5.74, 6) is -0.742. The predicted octanol–water partition coefficient (Wildman–Crippen LogP) is 1.77. The van der Waals surface area contributed by atoms with Crippen molar-refractivity contribution in [2.75, 3.05) is 0 Å². The zero-order valence-electron chi connectivity index (χ0n) is 8.30. The monoisotopic (exact) mass is 214 g/mol. The van der Waals surface area contributed by atoms with Gasteiger partial charge in [-0.1, -0.05) is 6.92 Å². The van der Waals surface area contributed by atoms with Gasteiger partial charge in [0.05, 0.1) is 12.6 Å². The maximum absolute atomic E-state index is 10.5.